The van der Waals surface area contributed by atoms with Gasteiger partial charge in [0.05, 0.1) is 11.3 Å². The zero-order chi connectivity index (χ0) is 34.4. The Labute approximate surface area is 288 Å². The van der Waals surface area contributed by atoms with Gasteiger partial charge in [-0.2, -0.15) is 13.2 Å². The molecule has 1 aliphatic heterocycles. The van der Waals surface area contributed by atoms with E-state index in [0.29, 0.717) is 30.1 Å². The second-order valence-electron chi connectivity index (χ2n) is 12.0. The van der Waals surface area contributed by atoms with Gasteiger partial charge in [0.1, 0.15) is 6.04 Å². The Kier molecular flexibility index (Phi) is 10.3. The van der Waals surface area contributed by atoms with E-state index in [4.69, 9.17) is 11.6 Å². The second kappa shape index (κ2) is 14.9. The molecule has 248 valence electrons. The van der Waals surface area contributed by atoms with Crippen molar-refractivity contribution in [3.05, 3.63) is 166 Å². The maximum Gasteiger partial charge on any atom is 0.416 e. The highest BCUT2D eigenvalue weighted by Crippen LogP contribution is 2.30. The van der Waals surface area contributed by atoms with Crippen LogP contribution in [0.3, 0.4) is 0 Å². The Morgan fingerprint density at radius 2 is 1.59 bits per heavy atom. The molecule has 6 rings (SSSR count). The lowest BCUT2D eigenvalue weighted by molar-refractivity contribution is -0.144. The molecule has 2 heterocycles. The fourth-order valence-electron chi connectivity index (χ4n) is 5.99. The first-order valence-electron chi connectivity index (χ1n) is 15.9. The van der Waals surface area contributed by atoms with Gasteiger partial charge < -0.3 is 9.80 Å². The van der Waals surface area contributed by atoms with Crippen LogP contribution in [0, 0.1) is 0 Å². The molecule has 2 amide bonds. The monoisotopic (exact) mass is 679 g/mol. The van der Waals surface area contributed by atoms with Gasteiger partial charge >= 0.3 is 6.18 Å². The largest absolute Gasteiger partial charge is 0.416 e. The predicted octanol–water partition coefficient (Wildman–Crippen LogP) is 8.66. The number of carbonyl (C=O) groups excluding carboxylic acids is 2. The van der Waals surface area contributed by atoms with Crippen molar-refractivity contribution in [1.29, 1.82) is 0 Å². The fourth-order valence-corrected chi connectivity index (χ4v) is 6.18. The molecular weight excluding hydrogens is 647 g/mol. The average Bonchev–Trinajstić information content (AvgIpc) is 3.12. The first-order chi connectivity index (χ1) is 23.6. The van der Waals surface area contributed by atoms with E-state index in [9.17, 15) is 22.8 Å². The molecule has 0 spiro atoms. The van der Waals surface area contributed by atoms with Crippen LogP contribution >= 0.6 is 11.6 Å². The first-order valence-corrected chi connectivity index (χ1v) is 16.3. The summed E-state index contributed by atoms with van der Waals surface area (Å²) >= 11 is 6.23. The van der Waals surface area contributed by atoms with Crippen LogP contribution in [-0.4, -0.2) is 39.2 Å². The Morgan fingerprint density at radius 3 is 2.29 bits per heavy atom. The fraction of sp³-hybridized carbons (Fsp3) is 0.175. The van der Waals surface area contributed by atoms with E-state index in [1.807, 2.05) is 91.0 Å². The summed E-state index contributed by atoms with van der Waals surface area (Å²) in [4.78, 5) is 36.4. The lowest BCUT2D eigenvalue weighted by Crippen LogP contribution is -2.52. The lowest BCUT2D eigenvalue weighted by atomic mass is 9.97. The maximum atomic E-state index is 14.5. The van der Waals surface area contributed by atoms with Crippen LogP contribution in [0.1, 0.15) is 33.4 Å². The minimum absolute atomic E-state index is 0.127. The number of fused-ring (bicyclic) bond motifs is 1. The van der Waals surface area contributed by atoms with Crippen molar-refractivity contribution in [2.45, 2.75) is 38.1 Å². The predicted molar refractivity (Wildman–Crippen MR) is 185 cm³/mol. The number of halogens is 4. The number of hydrogen-bond donors (Lipinski definition) is 0. The molecule has 5 aromatic rings. The summed E-state index contributed by atoms with van der Waals surface area (Å²) < 4.78 is 39.4. The van der Waals surface area contributed by atoms with E-state index in [1.165, 1.54) is 24.3 Å². The highest BCUT2D eigenvalue weighted by Gasteiger charge is 2.34. The van der Waals surface area contributed by atoms with E-state index in [-0.39, 0.29) is 18.9 Å². The molecule has 0 radical (unpaired) electrons. The summed E-state index contributed by atoms with van der Waals surface area (Å²) in [5, 5.41) is 0.645. The van der Waals surface area contributed by atoms with Crippen LogP contribution < -0.4 is 0 Å². The average molecular weight is 680 g/mol. The molecule has 49 heavy (non-hydrogen) atoms. The van der Waals surface area contributed by atoms with Gasteiger partial charge in [0.2, 0.25) is 11.8 Å². The van der Waals surface area contributed by atoms with Gasteiger partial charge in [-0.1, -0.05) is 90.5 Å². The number of aromatic nitrogens is 1. The molecule has 9 heteroatoms. The molecular formula is C40H33ClF3N3O2. The molecule has 0 aliphatic carbocycles. The van der Waals surface area contributed by atoms with Crippen molar-refractivity contribution in [2.75, 3.05) is 6.54 Å². The minimum atomic E-state index is -4.47. The standard InChI is InChI=1S/C40H33ClF3N3O2/c41-35-19-16-33-27-46(23-21-32(33)25-35)39(49)37(24-29-6-2-1-3-7-29)47(26-30-9-14-31(15-10-30)36-8-4-5-22-45-36)38(48)20-13-28-11-17-34(18-12-28)40(42,43)44/h1-20,22,25,37H,21,23-24,26-27H2/b20-13+/t37-/m0/s1. The van der Waals surface area contributed by atoms with Gasteiger partial charge in [-0.3, -0.25) is 14.6 Å². The number of carbonyl (C=O) groups is 2. The van der Waals surface area contributed by atoms with Gasteiger partial charge in [0.25, 0.3) is 0 Å². The highest BCUT2D eigenvalue weighted by atomic mass is 35.5. The third-order valence-electron chi connectivity index (χ3n) is 8.63. The van der Waals surface area contributed by atoms with Crippen molar-refractivity contribution in [3.63, 3.8) is 0 Å². The summed E-state index contributed by atoms with van der Waals surface area (Å²) in [6.45, 7) is 0.987. The van der Waals surface area contributed by atoms with Gasteiger partial charge in [0.15, 0.2) is 0 Å². The normalized spacial score (nSPS) is 13.6. The number of hydrogen-bond acceptors (Lipinski definition) is 3. The number of pyridine rings is 1. The molecule has 1 atom stereocenters. The van der Waals surface area contributed by atoms with Crippen molar-refractivity contribution in [3.8, 4) is 11.3 Å². The van der Waals surface area contributed by atoms with Crippen LogP contribution in [0.2, 0.25) is 5.02 Å². The van der Waals surface area contributed by atoms with Crippen molar-refractivity contribution in [2.24, 2.45) is 0 Å². The van der Waals surface area contributed by atoms with E-state index in [1.54, 1.807) is 16.0 Å². The molecule has 1 aliphatic rings. The summed E-state index contributed by atoms with van der Waals surface area (Å²) in [6.07, 6.45) is 0.966. The van der Waals surface area contributed by atoms with Crippen LogP contribution in [0.5, 0.6) is 0 Å². The number of benzene rings is 4. The van der Waals surface area contributed by atoms with Gasteiger partial charge in [-0.25, -0.2) is 0 Å². The molecule has 0 saturated heterocycles. The Morgan fingerprint density at radius 1 is 0.857 bits per heavy atom. The maximum absolute atomic E-state index is 14.5. The van der Waals surface area contributed by atoms with Crippen molar-refractivity contribution < 1.29 is 22.8 Å². The molecule has 0 fully saturated rings. The number of rotatable bonds is 9. The number of amides is 2. The van der Waals surface area contributed by atoms with Crippen LogP contribution in [0.4, 0.5) is 13.2 Å². The zero-order valence-corrected chi connectivity index (χ0v) is 27.2. The molecule has 4 aromatic carbocycles. The van der Waals surface area contributed by atoms with E-state index in [0.717, 1.165) is 45.6 Å². The van der Waals surface area contributed by atoms with E-state index in [2.05, 4.69) is 4.98 Å². The number of alkyl halides is 3. The lowest BCUT2D eigenvalue weighted by Gasteiger charge is -2.37. The zero-order valence-electron chi connectivity index (χ0n) is 26.5. The van der Waals surface area contributed by atoms with Crippen molar-refractivity contribution >= 4 is 29.5 Å². The molecule has 5 nitrogen and oxygen atoms in total. The third-order valence-corrected chi connectivity index (χ3v) is 8.87. The van der Waals surface area contributed by atoms with Crippen molar-refractivity contribution in [1.82, 2.24) is 14.8 Å². The number of nitrogens with zero attached hydrogens (tertiary/aromatic N) is 3. The molecule has 0 saturated carbocycles. The Hall–Kier alpha value is -5.21. The van der Waals surface area contributed by atoms with Gasteiger partial charge in [-0.15, -0.1) is 0 Å². The summed E-state index contributed by atoms with van der Waals surface area (Å²) in [7, 11) is 0. The SMILES string of the molecule is O=C([C@H](Cc1ccccc1)N(Cc1ccc(-c2ccccn2)cc1)C(=O)/C=C/c1ccc(C(F)(F)F)cc1)N1CCc2cc(Cl)ccc2C1. The first kappa shape index (κ1) is 33.7. The summed E-state index contributed by atoms with van der Waals surface area (Å²) in [6, 6.07) is 32.3. The van der Waals surface area contributed by atoms with Gasteiger partial charge in [0, 0.05) is 48.9 Å². The summed E-state index contributed by atoms with van der Waals surface area (Å²) in [5.41, 5.74) is 5.17. The molecule has 0 bridgehead atoms. The third kappa shape index (κ3) is 8.45. The smallest absolute Gasteiger partial charge is 0.336 e. The minimum Gasteiger partial charge on any atom is -0.336 e. The summed E-state index contributed by atoms with van der Waals surface area (Å²) in [5.74, 6) is -0.627. The molecule has 1 aromatic heterocycles. The molecule has 0 unspecified atom stereocenters. The van der Waals surface area contributed by atoms with Crippen LogP contribution in [0.15, 0.2) is 128 Å². The van der Waals surface area contributed by atoms with E-state index < -0.39 is 23.7 Å². The van der Waals surface area contributed by atoms with Gasteiger partial charge in [-0.05, 0) is 76.7 Å². The topological polar surface area (TPSA) is 53.5 Å². The quantitative estimate of drug-likeness (QED) is 0.147. The van der Waals surface area contributed by atoms with Crippen LogP contribution in [0.25, 0.3) is 17.3 Å². The second-order valence-corrected chi connectivity index (χ2v) is 12.4. The van der Waals surface area contributed by atoms with E-state index >= 15 is 0 Å². The molecule has 0 N–H and O–H groups in total. The highest BCUT2D eigenvalue weighted by molar-refractivity contribution is 6.30. The Bertz CT molecular complexity index is 1930. The van der Waals surface area contributed by atoms with Crippen LogP contribution in [-0.2, 0) is 41.7 Å². The Balaban J connectivity index is 1.34.